The molecule has 0 spiro atoms. The van der Waals surface area contributed by atoms with Gasteiger partial charge in [-0.3, -0.25) is 0 Å². The minimum absolute atomic E-state index is 0.159. The molecule has 1 fully saturated rings. The highest BCUT2D eigenvalue weighted by Gasteiger charge is 2.25. The monoisotopic (exact) mass is 320 g/mol. The van der Waals surface area contributed by atoms with Crippen LogP contribution in [0.15, 0.2) is 23.1 Å². The molecular formula is C13H15F3N2O2S. The highest BCUT2D eigenvalue weighted by molar-refractivity contribution is 7.99. The molecule has 8 heteroatoms. The van der Waals surface area contributed by atoms with Crippen molar-refractivity contribution in [1.29, 1.82) is 0 Å². The summed E-state index contributed by atoms with van der Waals surface area (Å²) in [5.41, 5.74) is 0.159. The molecular weight excluding hydrogens is 305 g/mol. The Hall–Kier alpha value is -1.41. The fraction of sp³-hybridized carbons (Fsp3) is 0.462. The predicted molar refractivity (Wildman–Crippen MR) is 74.3 cm³/mol. The molecule has 2 amide bonds. The number of urea groups is 1. The third-order valence-corrected chi connectivity index (χ3v) is 4.08. The molecule has 4 nitrogen and oxygen atoms in total. The summed E-state index contributed by atoms with van der Waals surface area (Å²) in [7, 11) is 0. The van der Waals surface area contributed by atoms with Crippen molar-refractivity contribution in [3.8, 4) is 0 Å². The molecule has 116 valence electrons. The van der Waals surface area contributed by atoms with E-state index in [1.165, 1.54) is 11.0 Å². The number of nitrogens with zero attached hydrogens (tertiary/aromatic N) is 1. The first kappa shape index (κ1) is 16.0. The van der Waals surface area contributed by atoms with E-state index in [0.717, 1.165) is 23.9 Å². The van der Waals surface area contributed by atoms with E-state index in [-0.39, 0.29) is 12.2 Å². The SMILES string of the molecule is O=C(Nc1cc(F)ccc1SCC(F)F)N1CC[C@H](O)C1. The first-order valence-corrected chi connectivity index (χ1v) is 7.38. The molecule has 2 rings (SSSR count). The Morgan fingerprint density at radius 1 is 1.52 bits per heavy atom. The number of aliphatic hydroxyl groups excluding tert-OH is 1. The van der Waals surface area contributed by atoms with Crippen molar-refractivity contribution in [2.24, 2.45) is 0 Å². The largest absolute Gasteiger partial charge is 0.391 e. The molecule has 21 heavy (non-hydrogen) atoms. The van der Waals surface area contributed by atoms with Gasteiger partial charge in [0, 0.05) is 18.0 Å². The smallest absolute Gasteiger partial charge is 0.321 e. The van der Waals surface area contributed by atoms with Gasteiger partial charge in [-0.15, -0.1) is 11.8 Å². The van der Waals surface area contributed by atoms with Gasteiger partial charge in [-0.25, -0.2) is 18.0 Å². The number of aliphatic hydroxyl groups is 1. The number of likely N-dealkylation sites (tertiary alicyclic amines) is 1. The van der Waals surface area contributed by atoms with Gasteiger partial charge in [0.2, 0.25) is 6.43 Å². The molecule has 1 aromatic carbocycles. The van der Waals surface area contributed by atoms with Crippen molar-refractivity contribution in [3.63, 3.8) is 0 Å². The van der Waals surface area contributed by atoms with E-state index >= 15 is 0 Å². The number of benzene rings is 1. The van der Waals surface area contributed by atoms with Gasteiger partial charge < -0.3 is 15.3 Å². The van der Waals surface area contributed by atoms with E-state index in [0.29, 0.717) is 17.9 Å². The van der Waals surface area contributed by atoms with Crippen molar-refractivity contribution in [2.75, 3.05) is 24.2 Å². The Bertz CT molecular complexity index is 516. The average Bonchev–Trinajstić information content (AvgIpc) is 2.84. The topological polar surface area (TPSA) is 52.6 Å². The lowest BCUT2D eigenvalue weighted by Gasteiger charge is -2.18. The standard InChI is InChI=1S/C13H15F3N2O2S/c14-8-1-2-11(21-7-12(15)16)10(5-8)17-13(20)18-4-3-9(19)6-18/h1-2,5,9,12,19H,3-4,6-7H2,(H,17,20)/t9-/m0/s1. The molecule has 1 heterocycles. The van der Waals surface area contributed by atoms with Gasteiger partial charge in [0.1, 0.15) is 5.82 Å². The van der Waals surface area contributed by atoms with Crippen LogP contribution in [-0.4, -0.2) is 47.4 Å². The molecule has 1 saturated heterocycles. The number of anilines is 1. The van der Waals surface area contributed by atoms with Crippen LogP contribution in [0, 0.1) is 5.82 Å². The minimum Gasteiger partial charge on any atom is -0.391 e. The number of hydrogen-bond donors (Lipinski definition) is 2. The molecule has 1 aliphatic heterocycles. The van der Waals surface area contributed by atoms with Crippen LogP contribution in [0.3, 0.4) is 0 Å². The Kier molecular flexibility index (Phi) is 5.35. The molecule has 0 aliphatic carbocycles. The van der Waals surface area contributed by atoms with Crippen LogP contribution in [0.5, 0.6) is 0 Å². The van der Waals surface area contributed by atoms with Gasteiger partial charge in [0.05, 0.1) is 17.5 Å². The number of hydrogen-bond acceptors (Lipinski definition) is 3. The number of amides is 2. The highest BCUT2D eigenvalue weighted by Crippen LogP contribution is 2.29. The van der Waals surface area contributed by atoms with Crippen LogP contribution in [0.4, 0.5) is 23.7 Å². The van der Waals surface area contributed by atoms with E-state index in [1.807, 2.05) is 0 Å². The number of alkyl halides is 2. The Morgan fingerprint density at radius 3 is 2.90 bits per heavy atom. The molecule has 0 radical (unpaired) electrons. The van der Waals surface area contributed by atoms with E-state index in [4.69, 9.17) is 0 Å². The summed E-state index contributed by atoms with van der Waals surface area (Å²) in [5, 5.41) is 11.9. The number of thioether (sulfide) groups is 1. The summed E-state index contributed by atoms with van der Waals surface area (Å²) in [5.74, 6) is -0.995. The predicted octanol–water partition coefficient (Wildman–Crippen LogP) is 2.78. The van der Waals surface area contributed by atoms with E-state index in [1.54, 1.807) is 0 Å². The first-order chi connectivity index (χ1) is 9.95. The summed E-state index contributed by atoms with van der Waals surface area (Å²) in [6.07, 6.45) is -2.56. The number of nitrogens with one attached hydrogen (secondary N) is 1. The van der Waals surface area contributed by atoms with Crippen molar-refractivity contribution in [2.45, 2.75) is 23.8 Å². The second-order valence-electron chi connectivity index (χ2n) is 4.66. The molecule has 0 saturated carbocycles. The second-order valence-corrected chi connectivity index (χ2v) is 5.72. The highest BCUT2D eigenvalue weighted by atomic mass is 32.2. The second kappa shape index (κ2) is 7.04. The summed E-state index contributed by atoms with van der Waals surface area (Å²) in [4.78, 5) is 13.8. The van der Waals surface area contributed by atoms with Crippen LogP contribution in [0.2, 0.25) is 0 Å². The first-order valence-electron chi connectivity index (χ1n) is 6.40. The van der Waals surface area contributed by atoms with Crippen molar-refractivity contribution >= 4 is 23.5 Å². The van der Waals surface area contributed by atoms with E-state index in [2.05, 4.69) is 5.32 Å². The lowest BCUT2D eigenvalue weighted by molar-refractivity contribution is 0.176. The lowest BCUT2D eigenvalue weighted by Crippen LogP contribution is -2.33. The average molecular weight is 320 g/mol. The number of carbonyl (C=O) groups is 1. The molecule has 0 bridgehead atoms. The number of β-amino-alcohol motifs (C(OH)–C–C–N with tert-alkyl or cyclic N) is 1. The molecule has 0 aromatic heterocycles. The number of carbonyl (C=O) groups excluding carboxylic acids is 1. The van der Waals surface area contributed by atoms with Crippen molar-refractivity contribution in [3.05, 3.63) is 24.0 Å². The molecule has 2 N–H and O–H groups in total. The lowest BCUT2D eigenvalue weighted by atomic mass is 10.3. The van der Waals surface area contributed by atoms with Crippen LogP contribution in [0.25, 0.3) is 0 Å². The van der Waals surface area contributed by atoms with Crippen molar-refractivity contribution < 1.29 is 23.1 Å². The van der Waals surface area contributed by atoms with Crippen LogP contribution < -0.4 is 5.32 Å². The van der Waals surface area contributed by atoms with Gasteiger partial charge in [0.25, 0.3) is 0 Å². The Morgan fingerprint density at radius 2 is 2.29 bits per heavy atom. The zero-order chi connectivity index (χ0) is 15.4. The van der Waals surface area contributed by atoms with Crippen LogP contribution in [0.1, 0.15) is 6.42 Å². The van der Waals surface area contributed by atoms with Gasteiger partial charge in [-0.1, -0.05) is 0 Å². The van der Waals surface area contributed by atoms with Gasteiger partial charge in [-0.2, -0.15) is 0 Å². The fourth-order valence-electron chi connectivity index (χ4n) is 2.00. The third kappa shape index (κ3) is 4.53. The number of rotatable bonds is 4. The zero-order valence-corrected chi connectivity index (χ0v) is 11.9. The molecule has 1 atom stereocenters. The normalized spacial score (nSPS) is 18.3. The molecule has 0 unspecified atom stereocenters. The van der Waals surface area contributed by atoms with Crippen molar-refractivity contribution in [1.82, 2.24) is 4.90 Å². The summed E-state index contributed by atoms with van der Waals surface area (Å²) >= 11 is 0.850. The quantitative estimate of drug-likeness (QED) is 0.839. The maximum absolute atomic E-state index is 13.3. The maximum atomic E-state index is 13.3. The zero-order valence-electron chi connectivity index (χ0n) is 11.1. The fourth-order valence-corrected chi connectivity index (χ4v) is 2.73. The Labute approximate surface area is 124 Å². The van der Waals surface area contributed by atoms with E-state index < -0.39 is 30.1 Å². The van der Waals surface area contributed by atoms with Gasteiger partial charge in [0.15, 0.2) is 0 Å². The molecule has 1 aromatic rings. The van der Waals surface area contributed by atoms with Gasteiger partial charge in [-0.05, 0) is 24.6 Å². The van der Waals surface area contributed by atoms with Crippen LogP contribution >= 0.6 is 11.8 Å². The number of halogens is 3. The summed E-state index contributed by atoms with van der Waals surface area (Å²) in [6, 6.07) is 3.13. The van der Waals surface area contributed by atoms with E-state index in [9.17, 15) is 23.1 Å². The summed E-state index contributed by atoms with van der Waals surface area (Å²) < 4.78 is 37.8. The molecule has 1 aliphatic rings. The maximum Gasteiger partial charge on any atom is 0.321 e. The van der Waals surface area contributed by atoms with Crippen LogP contribution in [-0.2, 0) is 0 Å². The third-order valence-electron chi connectivity index (χ3n) is 3.00. The summed E-state index contributed by atoms with van der Waals surface area (Å²) in [6.45, 7) is 0.614. The van der Waals surface area contributed by atoms with Gasteiger partial charge >= 0.3 is 6.03 Å². The Balaban J connectivity index is 2.06. The minimum atomic E-state index is -2.49.